The van der Waals surface area contributed by atoms with Gasteiger partial charge in [-0.15, -0.1) is 0 Å². The first-order valence-corrected chi connectivity index (χ1v) is 11.5. The molecule has 1 saturated heterocycles. The SMILES string of the molecule is C[C@H](C(=O)Nc1ccc(C[C@@H]2CC[C@H]([C@H](O)c3cccnc3)N2C(=O)O)cc1)n1ccccc1=O. The molecular weight excluding hydrogens is 448 g/mol. The molecule has 1 aliphatic heterocycles. The molecule has 1 aliphatic rings. The van der Waals surface area contributed by atoms with E-state index in [0.717, 1.165) is 5.56 Å². The number of aromatic nitrogens is 2. The minimum absolute atomic E-state index is 0.253. The summed E-state index contributed by atoms with van der Waals surface area (Å²) in [5.74, 6) is -0.314. The van der Waals surface area contributed by atoms with Crippen LogP contribution < -0.4 is 10.9 Å². The van der Waals surface area contributed by atoms with Crippen LogP contribution in [0.5, 0.6) is 0 Å². The molecule has 3 N–H and O–H groups in total. The number of aliphatic hydroxyl groups is 1. The minimum Gasteiger partial charge on any atom is -0.465 e. The van der Waals surface area contributed by atoms with Gasteiger partial charge in [0, 0.05) is 41.9 Å². The summed E-state index contributed by atoms with van der Waals surface area (Å²) in [7, 11) is 0. The maximum Gasteiger partial charge on any atom is 0.407 e. The summed E-state index contributed by atoms with van der Waals surface area (Å²) < 4.78 is 1.36. The van der Waals surface area contributed by atoms with Crippen LogP contribution >= 0.6 is 0 Å². The first-order valence-electron chi connectivity index (χ1n) is 11.5. The van der Waals surface area contributed by atoms with E-state index in [1.807, 2.05) is 12.1 Å². The number of carboxylic acid groups (broad SMARTS) is 1. The molecule has 0 aliphatic carbocycles. The summed E-state index contributed by atoms with van der Waals surface area (Å²) in [5, 5.41) is 23.5. The lowest BCUT2D eigenvalue weighted by Gasteiger charge is -2.30. The van der Waals surface area contributed by atoms with Crippen molar-refractivity contribution in [1.82, 2.24) is 14.5 Å². The molecule has 0 radical (unpaired) electrons. The molecule has 4 atom stereocenters. The molecule has 0 bridgehead atoms. The Hall–Kier alpha value is -3.98. The van der Waals surface area contributed by atoms with Crippen molar-refractivity contribution in [2.75, 3.05) is 5.32 Å². The number of likely N-dealkylation sites (tertiary alicyclic amines) is 1. The van der Waals surface area contributed by atoms with E-state index < -0.39 is 24.3 Å². The molecule has 3 aromatic rings. The highest BCUT2D eigenvalue weighted by atomic mass is 16.4. The predicted molar refractivity (Wildman–Crippen MR) is 130 cm³/mol. The number of nitrogens with zero attached hydrogens (tertiary/aromatic N) is 3. The Bertz CT molecular complexity index is 1230. The van der Waals surface area contributed by atoms with E-state index in [-0.39, 0.29) is 17.5 Å². The molecule has 1 aromatic carbocycles. The summed E-state index contributed by atoms with van der Waals surface area (Å²) in [6, 6.07) is 13.9. The average Bonchev–Trinajstić information content (AvgIpc) is 3.29. The number of anilines is 1. The van der Waals surface area contributed by atoms with Crippen molar-refractivity contribution in [2.24, 2.45) is 0 Å². The largest absolute Gasteiger partial charge is 0.465 e. The lowest BCUT2D eigenvalue weighted by Crippen LogP contribution is -2.44. The number of nitrogens with one attached hydrogen (secondary N) is 1. The van der Waals surface area contributed by atoms with Gasteiger partial charge in [0.1, 0.15) is 12.1 Å². The monoisotopic (exact) mass is 476 g/mol. The van der Waals surface area contributed by atoms with E-state index in [1.54, 1.807) is 61.9 Å². The third kappa shape index (κ3) is 5.41. The Balaban J connectivity index is 1.40. The molecule has 0 spiro atoms. The highest BCUT2D eigenvalue weighted by molar-refractivity contribution is 5.93. The van der Waals surface area contributed by atoms with Crippen LogP contribution in [0.3, 0.4) is 0 Å². The zero-order chi connectivity index (χ0) is 24.9. The molecule has 9 heteroatoms. The molecule has 35 heavy (non-hydrogen) atoms. The van der Waals surface area contributed by atoms with Gasteiger partial charge in [-0.05, 0) is 56.0 Å². The van der Waals surface area contributed by atoms with Crippen LogP contribution in [0.2, 0.25) is 0 Å². The zero-order valence-electron chi connectivity index (χ0n) is 19.3. The van der Waals surface area contributed by atoms with Crippen molar-refractivity contribution in [1.29, 1.82) is 0 Å². The lowest BCUT2D eigenvalue weighted by atomic mass is 10.0. The van der Waals surface area contributed by atoms with Gasteiger partial charge >= 0.3 is 6.09 Å². The standard InChI is InChI=1S/C26H28N4O5/c1-17(29-14-3-2-6-23(29)31)25(33)28-20-9-7-18(8-10-20)15-21-11-12-22(30(21)26(34)35)24(32)19-5-4-13-27-16-19/h2-10,13-14,16-17,21-22,24,32H,11-12,15H2,1H3,(H,28,33)(H,34,35)/t17-,21+,22-,24-/m1/s1. The molecule has 2 amide bonds. The fraction of sp³-hybridized carbons (Fsp3) is 0.308. The molecule has 3 heterocycles. The number of hydrogen-bond donors (Lipinski definition) is 3. The van der Waals surface area contributed by atoms with Crippen LogP contribution in [0.15, 0.2) is 78.0 Å². The van der Waals surface area contributed by atoms with Crippen LogP contribution in [0.1, 0.15) is 43.0 Å². The second-order valence-electron chi connectivity index (χ2n) is 8.73. The number of carbonyl (C=O) groups is 2. The molecule has 0 saturated carbocycles. The number of amides is 2. The van der Waals surface area contributed by atoms with Gasteiger partial charge in [-0.1, -0.05) is 24.3 Å². The van der Waals surface area contributed by atoms with Crippen molar-refractivity contribution >= 4 is 17.7 Å². The first kappa shape index (κ1) is 24.2. The normalized spacial score (nSPS) is 19.2. The summed E-state index contributed by atoms with van der Waals surface area (Å²) in [6.45, 7) is 1.65. The van der Waals surface area contributed by atoms with Gasteiger partial charge < -0.3 is 20.1 Å². The van der Waals surface area contributed by atoms with Crippen LogP contribution in [-0.2, 0) is 11.2 Å². The molecule has 1 fully saturated rings. The minimum atomic E-state index is -1.06. The molecular formula is C26H28N4O5. The maximum absolute atomic E-state index is 12.6. The fourth-order valence-electron chi connectivity index (χ4n) is 4.62. The van der Waals surface area contributed by atoms with Crippen molar-refractivity contribution in [3.8, 4) is 0 Å². The van der Waals surface area contributed by atoms with E-state index in [0.29, 0.717) is 30.5 Å². The van der Waals surface area contributed by atoms with E-state index in [2.05, 4.69) is 10.3 Å². The van der Waals surface area contributed by atoms with Gasteiger partial charge in [0.05, 0.1) is 6.04 Å². The highest BCUT2D eigenvalue weighted by Gasteiger charge is 2.41. The lowest BCUT2D eigenvalue weighted by molar-refractivity contribution is -0.118. The van der Waals surface area contributed by atoms with Crippen molar-refractivity contribution in [3.05, 3.63) is 94.7 Å². The Morgan fingerprint density at radius 2 is 1.89 bits per heavy atom. The topological polar surface area (TPSA) is 125 Å². The van der Waals surface area contributed by atoms with Gasteiger partial charge in [-0.25, -0.2) is 4.79 Å². The number of pyridine rings is 2. The maximum atomic E-state index is 12.6. The third-order valence-corrected chi connectivity index (χ3v) is 6.50. The van der Waals surface area contributed by atoms with Crippen LogP contribution in [0.25, 0.3) is 0 Å². The van der Waals surface area contributed by atoms with Gasteiger partial charge in [-0.2, -0.15) is 0 Å². The van der Waals surface area contributed by atoms with Gasteiger partial charge in [0.25, 0.3) is 5.56 Å². The quantitative estimate of drug-likeness (QED) is 0.481. The van der Waals surface area contributed by atoms with Gasteiger partial charge in [0.2, 0.25) is 5.91 Å². The summed E-state index contributed by atoms with van der Waals surface area (Å²) >= 11 is 0. The van der Waals surface area contributed by atoms with E-state index in [9.17, 15) is 24.6 Å². The number of hydrogen-bond acceptors (Lipinski definition) is 5. The Morgan fingerprint density at radius 1 is 1.11 bits per heavy atom. The number of benzene rings is 1. The molecule has 4 rings (SSSR count). The van der Waals surface area contributed by atoms with E-state index in [4.69, 9.17) is 0 Å². The molecule has 2 aromatic heterocycles. The molecule has 182 valence electrons. The third-order valence-electron chi connectivity index (χ3n) is 6.50. The first-order chi connectivity index (χ1) is 16.8. The smallest absolute Gasteiger partial charge is 0.407 e. The number of carbonyl (C=O) groups excluding carboxylic acids is 1. The average molecular weight is 477 g/mol. The zero-order valence-corrected chi connectivity index (χ0v) is 19.3. The highest BCUT2D eigenvalue weighted by Crippen LogP contribution is 2.34. The molecule has 9 nitrogen and oxygen atoms in total. The van der Waals surface area contributed by atoms with Crippen LogP contribution in [0.4, 0.5) is 10.5 Å². The molecule has 0 unspecified atom stereocenters. The second kappa shape index (κ2) is 10.5. The number of aliphatic hydroxyl groups excluding tert-OH is 1. The summed E-state index contributed by atoms with van der Waals surface area (Å²) in [6.07, 6.45) is 4.41. The van der Waals surface area contributed by atoms with Crippen molar-refractivity contribution in [3.63, 3.8) is 0 Å². The summed E-state index contributed by atoms with van der Waals surface area (Å²) in [4.78, 5) is 42.0. The summed E-state index contributed by atoms with van der Waals surface area (Å²) in [5.41, 5.74) is 1.84. The Labute approximate surface area is 202 Å². The fourth-order valence-corrected chi connectivity index (χ4v) is 4.62. The van der Waals surface area contributed by atoms with Crippen molar-refractivity contribution in [2.45, 2.75) is 50.4 Å². The predicted octanol–water partition coefficient (Wildman–Crippen LogP) is 3.23. The van der Waals surface area contributed by atoms with Crippen LogP contribution in [-0.4, -0.2) is 48.7 Å². The van der Waals surface area contributed by atoms with Crippen molar-refractivity contribution < 1.29 is 19.8 Å². The Kier molecular flexibility index (Phi) is 7.26. The van der Waals surface area contributed by atoms with E-state index in [1.165, 1.54) is 15.5 Å². The Morgan fingerprint density at radius 3 is 2.54 bits per heavy atom. The van der Waals surface area contributed by atoms with Gasteiger partial charge in [-0.3, -0.25) is 19.5 Å². The van der Waals surface area contributed by atoms with Gasteiger partial charge in [0.15, 0.2) is 0 Å². The van der Waals surface area contributed by atoms with E-state index >= 15 is 0 Å². The number of rotatable bonds is 7. The second-order valence-corrected chi connectivity index (χ2v) is 8.73. The van der Waals surface area contributed by atoms with Crippen LogP contribution in [0, 0.1) is 0 Å².